The molecule has 24 heavy (non-hydrogen) atoms. The van der Waals surface area contributed by atoms with Crippen molar-refractivity contribution in [2.45, 2.75) is 13.0 Å². The van der Waals surface area contributed by atoms with Crippen LogP contribution in [-0.2, 0) is 6.54 Å². The molecule has 0 fully saturated rings. The maximum atomic E-state index is 12.6. The van der Waals surface area contributed by atoms with E-state index in [2.05, 4.69) is 5.10 Å². The first-order chi connectivity index (χ1) is 11.7. The molecule has 0 bridgehead atoms. The number of fused-ring (bicyclic) bond motifs is 2. The fourth-order valence-electron chi connectivity index (χ4n) is 2.79. The average Bonchev–Trinajstić information content (AvgIpc) is 2.83. The van der Waals surface area contributed by atoms with Gasteiger partial charge < -0.3 is 9.47 Å². The molecule has 122 valence electrons. The van der Waals surface area contributed by atoms with Crippen molar-refractivity contribution in [2.24, 2.45) is 0 Å². The first-order valence-corrected chi connectivity index (χ1v) is 8.13. The van der Waals surface area contributed by atoms with Crippen LogP contribution in [-0.4, -0.2) is 23.0 Å². The molecule has 0 saturated heterocycles. The van der Waals surface area contributed by atoms with E-state index in [0.29, 0.717) is 41.7 Å². The zero-order valence-electron chi connectivity index (χ0n) is 12.9. The molecule has 1 aromatic heterocycles. The molecule has 1 aliphatic rings. The van der Waals surface area contributed by atoms with Crippen LogP contribution in [0.2, 0.25) is 5.02 Å². The Morgan fingerprint density at radius 1 is 1.17 bits per heavy atom. The Bertz CT molecular complexity index is 968. The molecule has 0 spiro atoms. The topological polar surface area (TPSA) is 53.4 Å². The van der Waals surface area contributed by atoms with Crippen molar-refractivity contribution >= 4 is 22.4 Å². The van der Waals surface area contributed by atoms with Gasteiger partial charge in [0.15, 0.2) is 11.5 Å². The minimum Gasteiger partial charge on any atom is -0.489 e. The van der Waals surface area contributed by atoms with Crippen molar-refractivity contribution in [3.05, 3.63) is 63.5 Å². The van der Waals surface area contributed by atoms with E-state index in [-0.39, 0.29) is 5.56 Å². The van der Waals surface area contributed by atoms with Gasteiger partial charge in [0.05, 0.1) is 36.4 Å². The molecule has 2 heterocycles. The Hall–Kier alpha value is -2.53. The summed E-state index contributed by atoms with van der Waals surface area (Å²) in [5.41, 5.74) is 0.713. The number of rotatable bonds is 2. The van der Waals surface area contributed by atoms with Crippen molar-refractivity contribution in [3.63, 3.8) is 0 Å². The number of ether oxygens (including phenoxy) is 2. The number of nitrogens with zero attached hydrogens (tertiary/aromatic N) is 2. The first-order valence-electron chi connectivity index (χ1n) is 7.75. The summed E-state index contributed by atoms with van der Waals surface area (Å²) in [5, 5.41) is 6.21. The summed E-state index contributed by atoms with van der Waals surface area (Å²) in [6, 6.07) is 11.1. The van der Waals surface area contributed by atoms with Crippen molar-refractivity contribution in [1.82, 2.24) is 9.78 Å². The van der Waals surface area contributed by atoms with Crippen LogP contribution in [0.25, 0.3) is 10.8 Å². The number of benzene rings is 2. The summed E-state index contributed by atoms with van der Waals surface area (Å²) in [7, 11) is 0. The highest BCUT2D eigenvalue weighted by Gasteiger charge is 2.16. The largest absolute Gasteiger partial charge is 0.489 e. The van der Waals surface area contributed by atoms with E-state index in [1.165, 1.54) is 4.68 Å². The van der Waals surface area contributed by atoms with E-state index < -0.39 is 0 Å². The fourth-order valence-corrected chi connectivity index (χ4v) is 3.08. The molecular formula is C18H15ClN2O3. The fraction of sp³-hybridized carbons (Fsp3) is 0.222. The van der Waals surface area contributed by atoms with Gasteiger partial charge in [-0.2, -0.15) is 5.10 Å². The summed E-state index contributed by atoms with van der Waals surface area (Å²) in [5.74, 6) is 1.18. The summed E-state index contributed by atoms with van der Waals surface area (Å²) < 4.78 is 12.7. The van der Waals surface area contributed by atoms with E-state index in [9.17, 15) is 4.79 Å². The lowest BCUT2D eigenvalue weighted by atomic mass is 10.2. The highest BCUT2D eigenvalue weighted by molar-refractivity contribution is 6.32. The van der Waals surface area contributed by atoms with Crippen LogP contribution >= 0.6 is 11.6 Å². The molecule has 0 saturated carbocycles. The Labute approximate surface area is 143 Å². The summed E-state index contributed by atoms with van der Waals surface area (Å²) in [6.45, 7) is 1.48. The van der Waals surface area contributed by atoms with Crippen molar-refractivity contribution in [1.29, 1.82) is 0 Å². The molecule has 0 N–H and O–H groups in total. The first kappa shape index (κ1) is 15.0. The molecule has 0 atom stereocenters. The molecule has 2 aromatic carbocycles. The van der Waals surface area contributed by atoms with Crippen LogP contribution in [0.3, 0.4) is 0 Å². The molecule has 4 rings (SSSR count). The Morgan fingerprint density at radius 3 is 2.92 bits per heavy atom. The van der Waals surface area contributed by atoms with Crippen LogP contribution in [0.1, 0.15) is 12.0 Å². The van der Waals surface area contributed by atoms with Gasteiger partial charge in [-0.3, -0.25) is 4.79 Å². The lowest BCUT2D eigenvalue weighted by Crippen LogP contribution is -2.23. The third kappa shape index (κ3) is 2.71. The van der Waals surface area contributed by atoms with Crippen molar-refractivity contribution in [3.8, 4) is 11.5 Å². The van der Waals surface area contributed by atoms with Gasteiger partial charge in [-0.15, -0.1) is 0 Å². The van der Waals surface area contributed by atoms with E-state index in [4.69, 9.17) is 21.1 Å². The van der Waals surface area contributed by atoms with E-state index in [1.54, 1.807) is 18.3 Å². The van der Waals surface area contributed by atoms with Crippen LogP contribution in [0.5, 0.6) is 11.5 Å². The minimum absolute atomic E-state index is 0.128. The summed E-state index contributed by atoms with van der Waals surface area (Å²) >= 11 is 6.31. The van der Waals surface area contributed by atoms with E-state index in [0.717, 1.165) is 17.4 Å². The highest BCUT2D eigenvalue weighted by atomic mass is 35.5. The predicted octanol–water partition coefficient (Wildman–Crippen LogP) is 3.26. The van der Waals surface area contributed by atoms with Gasteiger partial charge in [-0.05, 0) is 23.8 Å². The van der Waals surface area contributed by atoms with Gasteiger partial charge in [-0.1, -0.05) is 29.8 Å². The number of aromatic nitrogens is 2. The monoisotopic (exact) mass is 342 g/mol. The number of hydrogen-bond acceptors (Lipinski definition) is 4. The highest BCUT2D eigenvalue weighted by Crippen LogP contribution is 2.38. The Balaban J connectivity index is 1.73. The Kier molecular flexibility index (Phi) is 3.86. The summed E-state index contributed by atoms with van der Waals surface area (Å²) in [4.78, 5) is 12.6. The minimum atomic E-state index is -0.128. The molecule has 1 aliphatic heterocycles. The predicted molar refractivity (Wildman–Crippen MR) is 92.2 cm³/mol. The smallest absolute Gasteiger partial charge is 0.274 e. The maximum absolute atomic E-state index is 12.6. The van der Waals surface area contributed by atoms with E-state index >= 15 is 0 Å². The van der Waals surface area contributed by atoms with Gasteiger partial charge in [0.2, 0.25) is 0 Å². The summed E-state index contributed by atoms with van der Waals surface area (Å²) in [6.07, 6.45) is 2.51. The third-order valence-electron chi connectivity index (χ3n) is 3.96. The van der Waals surface area contributed by atoms with Gasteiger partial charge in [0.1, 0.15) is 0 Å². The molecule has 0 unspecified atom stereocenters. The van der Waals surface area contributed by atoms with E-state index in [1.807, 2.05) is 24.3 Å². The average molecular weight is 343 g/mol. The zero-order valence-corrected chi connectivity index (χ0v) is 13.6. The van der Waals surface area contributed by atoms with Crippen LogP contribution in [0.4, 0.5) is 0 Å². The molecule has 6 heteroatoms. The lowest BCUT2D eigenvalue weighted by Gasteiger charge is -2.12. The van der Waals surface area contributed by atoms with Gasteiger partial charge >= 0.3 is 0 Å². The maximum Gasteiger partial charge on any atom is 0.274 e. The van der Waals surface area contributed by atoms with Crippen LogP contribution in [0, 0.1) is 0 Å². The van der Waals surface area contributed by atoms with Crippen LogP contribution in [0.15, 0.2) is 47.4 Å². The van der Waals surface area contributed by atoms with Gasteiger partial charge in [0, 0.05) is 11.8 Å². The second-order valence-electron chi connectivity index (χ2n) is 5.65. The zero-order chi connectivity index (χ0) is 16.5. The molecule has 0 radical (unpaired) electrons. The normalized spacial score (nSPS) is 13.7. The van der Waals surface area contributed by atoms with Gasteiger partial charge in [-0.25, -0.2) is 4.68 Å². The molecule has 5 nitrogen and oxygen atoms in total. The second-order valence-corrected chi connectivity index (χ2v) is 6.06. The number of halogens is 1. The Morgan fingerprint density at radius 2 is 2.00 bits per heavy atom. The van der Waals surface area contributed by atoms with Crippen molar-refractivity contribution in [2.75, 3.05) is 13.2 Å². The number of hydrogen-bond donors (Lipinski definition) is 0. The molecular weight excluding hydrogens is 328 g/mol. The molecule has 0 amide bonds. The third-order valence-corrected chi connectivity index (χ3v) is 4.24. The van der Waals surface area contributed by atoms with Crippen LogP contribution < -0.4 is 15.0 Å². The second kappa shape index (κ2) is 6.17. The quantitative estimate of drug-likeness (QED) is 0.717. The lowest BCUT2D eigenvalue weighted by molar-refractivity contribution is 0.297. The standard InChI is InChI=1S/C18H15ClN2O3/c19-15-8-12(9-16-17(15)24-7-3-6-23-16)11-21-18(22)14-5-2-1-4-13(14)10-20-21/h1-2,4-5,8-10H,3,6-7,11H2. The molecule has 3 aromatic rings. The van der Waals surface area contributed by atoms with Crippen molar-refractivity contribution < 1.29 is 9.47 Å². The molecule has 0 aliphatic carbocycles. The SMILES string of the molecule is O=c1c2ccccc2cnn1Cc1cc(Cl)c2c(c1)OCCCO2. The van der Waals surface area contributed by atoms with Gasteiger partial charge in [0.25, 0.3) is 5.56 Å².